The largest absolute Gasteiger partial charge is 0.388 e. The lowest BCUT2D eigenvalue weighted by atomic mass is 10.0. The third-order valence-electron chi connectivity index (χ3n) is 2.85. The minimum absolute atomic E-state index is 0.0982. The maximum Gasteiger partial charge on any atom is 0.311 e. The molecule has 0 aliphatic rings. The molecule has 0 saturated carbocycles. The maximum atomic E-state index is 11.0. The van der Waals surface area contributed by atoms with Gasteiger partial charge in [-0.05, 0) is 26.3 Å². The molecule has 0 amide bonds. The monoisotopic (exact) mass is 282 g/mol. The summed E-state index contributed by atoms with van der Waals surface area (Å²) in [5, 5.41) is 27.0. The highest BCUT2D eigenvalue weighted by molar-refractivity contribution is 5.60. The van der Waals surface area contributed by atoms with Crippen molar-refractivity contribution in [2.45, 2.75) is 39.2 Å². The Bertz CT molecular complexity index is 463. The molecule has 1 heterocycles. The van der Waals surface area contributed by atoms with E-state index in [0.29, 0.717) is 18.8 Å². The van der Waals surface area contributed by atoms with Crippen LogP contribution in [0.5, 0.6) is 0 Å². The highest BCUT2D eigenvalue weighted by Gasteiger charge is 2.22. The van der Waals surface area contributed by atoms with E-state index < -0.39 is 10.5 Å². The second-order valence-corrected chi connectivity index (χ2v) is 4.95. The number of hydrogen-bond acceptors (Lipinski definition) is 6. The topological polar surface area (TPSA) is 100 Å². The molecule has 1 atom stereocenters. The van der Waals surface area contributed by atoms with Crippen molar-refractivity contribution in [2.24, 2.45) is 0 Å². The van der Waals surface area contributed by atoms with Gasteiger partial charge in [-0.1, -0.05) is 13.3 Å². The zero-order chi connectivity index (χ0) is 15.2. The van der Waals surface area contributed by atoms with E-state index in [-0.39, 0.29) is 18.1 Å². The number of anilines is 2. The van der Waals surface area contributed by atoms with Gasteiger partial charge in [-0.2, -0.15) is 0 Å². The van der Waals surface area contributed by atoms with Crippen molar-refractivity contribution < 1.29 is 10.0 Å². The molecule has 0 bridgehead atoms. The van der Waals surface area contributed by atoms with Crippen LogP contribution in [-0.2, 0) is 0 Å². The number of rotatable bonds is 8. The molecule has 0 saturated heterocycles. The Hall–Kier alpha value is -1.89. The number of pyridine rings is 1. The van der Waals surface area contributed by atoms with E-state index in [1.807, 2.05) is 13.8 Å². The number of aliphatic hydroxyl groups is 1. The molecule has 1 aromatic rings. The second kappa shape index (κ2) is 7.04. The van der Waals surface area contributed by atoms with Gasteiger partial charge >= 0.3 is 5.69 Å². The minimum Gasteiger partial charge on any atom is -0.388 e. The first kappa shape index (κ1) is 16.2. The Morgan fingerprint density at radius 3 is 2.65 bits per heavy atom. The summed E-state index contributed by atoms with van der Waals surface area (Å²) in [5.74, 6) is 0.737. The first-order chi connectivity index (χ1) is 9.39. The molecule has 7 nitrogen and oxygen atoms in total. The molecule has 1 rings (SSSR count). The van der Waals surface area contributed by atoms with Gasteiger partial charge in [0.1, 0.15) is 5.82 Å². The summed E-state index contributed by atoms with van der Waals surface area (Å²) >= 11 is 0. The van der Waals surface area contributed by atoms with Crippen molar-refractivity contribution in [1.82, 2.24) is 4.98 Å². The van der Waals surface area contributed by atoms with Crippen LogP contribution >= 0.6 is 0 Å². The molecule has 1 aromatic heterocycles. The number of nitrogens with zero attached hydrogens (tertiary/aromatic N) is 2. The summed E-state index contributed by atoms with van der Waals surface area (Å²) in [4.78, 5) is 14.7. The molecule has 0 aliphatic heterocycles. The fraction of sp³-hybridized carbons (Fsp3) is 0.615. The van der Waals surface area contributed by atoms with Crippen LogP contribution < -0.4 is 10.6 Å². The Morgan fingerprint density at radius 2 is 2.10 bits per heavy atom. The Labute approximate surface area is 118 Å². The van der Waals surface area contributed by atoms with Crippen LogP contribution in [0.15, 0.2) is 12.1 Å². The van der Waals surface area contributed by atoms with Crippen molar-refractivity contribution >= 4 is 17.3 Å². The lowest BCUT2D eigenvalue weighted by Crippen LogP contribution is -2.33. The van der Waals surface area contributed by atoms with Crippen LogP contribution in [0.4, 0.5) is 17.3 Å². The summed E-state index contributed by atoms with van der Waals surface area (Å²) in [6.07, 6.45) is 1.45. The molecule has 3 N–H and O–H groups in total. The van der Waals surface area contributed by atoms with Crippen LogP contribution in [0.3, 0.4) is 0 Å². The summed E-state index contributed by atoms with van der Waals surface area (Å²) in [5.41, 5.74) is -1.02. The first-order valence-electron chi connectivity index (χ1n) is 6.75. The highest BCUT2D eigenvalue weighted by atomic mass is 16.6. The quantitative estimate of drug-likeness (QED) is 0.500. The average Bonchev–Trinajstić information content (AvgIpc) is 2.36. The summed E-state index contributed by atoms with van der Waals surface area (Å²) in [6, 6.07) is 2.97. The molecule has 1 unspecified atom stereocenters. The molecule has 0 aromatic carbocycles. The van der Waals surface area contributed by atoms with Crippen LogP contribution in [-0.4, -0.2) is 33.7 Å². The van der Waals surface area contributed by atoms with Gasteiger partial charge < -0.3 is 15.7 Å². The van der Waals surface area contributed by atoms with E-state index in [9.17, 15) is 15.2 Å². The molecular weight excluding hydrogens is 260 g/mol. The van der Waals surface area contributed by atoms with Crippen LogP contribution in [0.1, 0.15) is 33.6 Å². The number of nitro groups is 1. The van der Waals surface area contributed by atoms with E-state index in [0.717, 1.165) is 6.42 Å². The third-order valence-corrected chi connectivity index (χ3v) is 2.85. The van der Waals surface area contributed by atoms with Gasteiger partial charge in [0.05, 0.1) is 10.5 Å². The van der Waals surface area contributed by atoms with Gasteiger partial charge in [-0.3, -0.25) is 10.1 Å². The van der Waals surface area contributed by atoms with Crippen molar-refractivity contribution in [2.75, 3.05) is 23.7 Å². The minimum atomic E-state index is -0.918. The lowest BCUT2D eigenvalue weighted by Gasteiger charge is -2.23. The summed E-state index contributed by atoms with van der Waals surface area (Å²) in [6.45, 7) is 6.48. The zero-order valence-electron chi connectivity index (χ0n) is 12.1. The second-order valence-electron chi connectivity index (χ2n) is 4.95. The van der Waals surface area contributed by atoms with E-state index in [4.69, 9.17) is 0 Å². The number of nitrogens with one attached hydrogen (secondary N) is 2. The van der Waals surface area contributed by atoms with Gasteiger partial charge in [0.2, 0.25) is 5.82 Å². The standard InChI is InChI=1S/C13H22N4O3/c1-4-8-13(3,18)9-15-12-10(17(19)20)6-7-11(16-12)14-5-2/h6-7,18H,4-5,8-9H2,1-3H3,(H2,14,15,16). The lowest BCUT2D eigenvalue weighted by molar-refractivity contribution is -0.384. The average molecular weight is 282 g/mol. The number of aromatic nitrogens is 1. The van der Waals surface area contributed by atoms with Crippen molar-refractivity contribution in [1.29, 1.82) is 0 Å². The molecule has 0 spiro atoms. The van der Waals surface area contributed by atoms with Gasteiger partial charge in [0, 0.05) is 19.2 Å². The Morgan fingerprint density at radius 1 is 1.40 bits per heavy atom. The van der Waals surface area contributed by atoms with Crippen molar-refractivity contribution in [3.8, 4) is 0 Å². The SMILES string of the molecule is CCCC(C)(O)CNc1nc(NCC)ccc1[N+](=O)[O-]. The van der Waals surface area contributed by atoms with Gasteiger partial charge in [-0.25, -0.2) is 4.98 Å². The smallest absolute Gasteiger partial charge is 0.311 e. The molecule has 0 fully saturated rings. The maximum absolute atomic E-state index is 11.0. The fourth-order valence-electron chi connectivity index (χ4n) is 1.91. The Balaban J connectivity index is 2.90. The molecule has 7 heteroatoms. The van der Waals surface area contributed by atoms with E-state index in [1.165, 1.54) is 6.07 Å². The van der Waals surface area contributed by atoms with Gasteiger partial charge in [0.25, 0.3) is 0 Å². The Kier molecular flexibility index (Phi) is 5.69. The molecule has 0 aliphatic carbocycles. The fourth-order valence-corrected chi connectivity index (χ4v) is 1.91. The first-order valence-corrected chi connectivity index (χ1v) is 6.75. The highest BCUT2D eigenvalue weighted by Crippen LogP contribution is 2.25. The van der Waals surface area contributed by atoms with E-state index >= 15 is 0 Å². The van der Waals surface area contributed by atoms with Gasteiger partial charge in [0.15, 0.2) is 0 Å². The van der Waals surface area contributed by atoms with E-state index in [1.54, 1.807) is 13.0 Å². The summed E-state index contributed by atoms with van der Waals surface area (Å²) in [7, 11) is 0. The summed E-state index contributed by atoms with van der Waals surface area (Å²) < 4.78 is 0. The van der Waals surface area contributed by atoms with Crippen LogP contribution in [0.2, 0.25) is 0 Å². The predicted molar refractivity (Wildman–Crippen MR) is 79.1 cm³/mol. The normalized spacial score (nSPS) is 13.6. The predicted octanol–water partition coefficient (Wildman–Crippen LogP) is 2.38. The van der Waals surface area contributed by atoms with Crippen molar-refractivity contribution in [3.05, 3.63) is 22.2 Å². The number of hydrogen-bond donors (Lipinski definition) is 3. The van der Waals surface area contributed by atoms with E-state index in [2.05, 4.69) is 15.6 Å². The van der Waals surface area contributed by atoms with Gasteiger partial charge in [-0.15, -0.1) is 0 Å². The van der Waals surface area contributed by atoms with Crippen LogP contribution in [0.25, 0.3) is 0 Å². The zero-order valence-corrected chi connectivity index (χ0v) is 12.1. The molecule has 20 heavy (non-hydrogen) atoms. The van der Waals surface area contributed by atoms with Crippen molar-refractivity contribution in [3.63, 3.8) is 0 Å². The molecular formula is C13H22N4O3. The third kappa shape index (κ3) is 4.65. The molecule has 0 radical (unpaired) electrons. The van der Waals surface area contributed by atoms with Crippen LogP contribution in [0, 0.1) is 10.1 Å². The molecule has 112 valence electrons.